The summed E-state index contributed by atoms with van der Waals surface area (Å²) in [4.78, 5) is 3.59. The summed E-state index contributed by atoms with van der Waals surface area (Å²) in [6.45, 7) is 0.581. The van der Waals surface area contributed by atoms with Crippen LogP contribution in [-0.4, -0.2) is 11.5 Å². The van der Waals surface area contributed by atoms with E-state index in [-0.39, 0.29) is 5.82 Å². The average molecular weight is 210 g/mol. The van der Waals surface area contributed by atoms with Crippen molar-refractivity contribution in [1.82, 2.24) is 4.98 Å². The normalized spacial score (nSPS) is 9.67. The van der Waals surface area contributed by atoms with Crippen LogP contribution in [0.3, 0.4) is 0 Å². The number of hydrogen-bond donors (Lipinski definition) is 1. The molecule has 0 aliphatic carbocycles. The molecule has 1 rings (SSSR count). The van der Waals surface area contributed by atoms with Crippen LogP contribution in [0.25, 0.3) is 0 Å². The quantitative estimate of drug-likeness (QED) is 0.596. The zero-order chi connectivity index (χ0) is 11.1. The first-order valence-electron chi connectivity index (χ1n) is 4.72. The predicted molar refractivity (Wildman–Crippen MR) is 55.3 cm³/mol. The molecule has 1 aromatic heterocycles. The van der Waals surface area contributed by atoms with Gasteiger partial charge in [-0.3, -0.25) is 0 Å². The van der Waals surface area contributed by atoms with Crippen molar-refractivity contribution in [3.63, 3.8) is 0 Å². The molecular formula is C11H12F2N2. The van der Waals surface area contributed by atoms with Gasteiger partial charge < -0.3 is 5.32 Å². The standard InChI is InChI=1S/C11H12F2N2/c1-2-3-4-5-6-14-11-10(13)7-9(12)8-15-11/h1,7-8H,3-6H2,(H,14,15). The molecule has 1 heterocycles. The predicted octanol–water partition coefficient (Wildman–Crippen LogP) is 2.58. The summed E-state index contributed by atoms with van der Waals surface area (Å²) < 4.78 is 25.5. The highest BCUT2D eigenvalue weighted by Gasteiger charge is 2.03. The van der Waals surface area contributed by atoms with Gasteiger partial charge in [0, 0.05) is 19.0 Å². The Hall–Kier alpha value is -1.63. The SMILES string of the molecule is C#CCCCCNc1ncc(F)cc1F. The van der Waals surface area contributed by atoms with Crippen LogP contribution in [0.2, 0.25) is 0 Å². The number of pyridine rings is 1. The van der Waals surface area contributed by atoms with Gasteiger partial charge >= 0.3 is 0 Å². The van der Waals surface area contributed by atoms with Crippen molar-refractivity contribution in [3.8, 4) is 12.3 Å². The fraction of sp³-hybridized carbons (Fsp3) is 0.364. The van der Waals surface area contributed by atoms with E-state index in [4.69, 9.17) is 6.42 Å². The van der Waals surface area contributed by atoms with Crippen LogP contribution in [0.15, 0.2) is 12.3 Å². The summed E-state index contributed by atoms with van der Waals surface area (Å²) in [5, 5.41) is 2.78. The number of aromatic nitrogens is 1. The molecule has 0 unspecified atom stereocenters. The second-order valence-corrected chi connectivity index (χ2v) is 3.07. The van der Waals surface area contributed by atoms with E-state index in [0.29, 0.717) is 13.0 Å². The molecule has 0 amide bonds. The number of unbranched alkanes of at least 4 members (excludes halogenated alkanes) is 2. The highest BCUT2D eigenvalue weighted by Crippen LogP contribution is 2.11. The molecule has 4 heteroatoms. The zero-order valence-electron chi connectivity index (χ0n) is 8.26. The Morgan fingerprint density at radius 2 is 2.20 bits per heavy atom. The monoisotopic (exact) mass is 210 g/mol. The van der Waals surface area contributed by atoms with E-state index in [2.05, 4.69) is 16.2 Å². The molecule has 2 nitrogen and oxygen atoms in total. The summed E-state index contributed by atoms with van der Waals surface area (Å²) in [6, 6.07) is 0.802. The van der Waals surface area contributed by atoms with Crippen LogP contribution in [0.1, 0.15) is 19.3 Å². The Kier molecular flexibility index (Phi) is 4.55. The lowest BCUT2D eigenvalue weighted by Crippen LogP contribution is -2.05. The molecular weight excluding hydrogens is 198 g/mol. The maximum absolute atomic E-state index is 13.0. The first-order valence-corrected chi connectivity index (χ1v) is 4.72. The lowest BCUT2D eigenvalue weighted by atomic mass is 10.2. The molecule has 80 valence electrons. The minimum Gasteiger partial charge on any atom is -0.368 e. The van der Waals surface area contributed by atoms with Gasteiger partial charge in [0.15, 0.2) is 11.6 Å². The topological polar surface area (TPSA) is 24.9 Å². The van der Waals surface area contributed by atoms with Crippen LogP contribution in [-0.2, 0) is 0 Å². The van der Waals surface area contributed by atoms with Crippen molar-refractivity contribution in [2.45, 2.75) is 19.3 Å². The van der Waals surface area contributed by atoms with Crippen LogP contribution >= 0.6 is 0 Å². The van der Waals surface area contributed by atoms with Crippen molar-refractivity contribution in [1.29, 1.82) is 0 Å². The van der Waals surface area contributed by atoms with Crippen molar-refractivity contribution in [2.75, 3.05) is 11.9 Å². The molecule has 0 spiro atoms. The summed E-state index contributed by atoms with van der Waals surface area (Å²) in [7, 11) is 0. The number of nitrogens with zero attached hydrogens (tertiary/aromatic N) is 1. The molecule has 0 aliphatic heterocycles. The largest absolute Gasteiger partial charge is 0.368 e. The van der Waals surface area contributed by atoms with Crippen molar-refractivity contribution < 1.29 is 8.78 Å². The van der Waals surface area contributed by atoms with Gasteiger partial charge in [-0.05, 0) is 12.8 Å². The summed E-state index contributed by atoms with van der Waals surface area (Å²) in [6.07, 6.45) is 8.48. The lowest BCUT2D eigenvalue weighted by Gasteiger charge is -2.05. The molecule has 0 aromatic carbocycles. The van der Waals surface area contributed by atoms with Gasteiger partial charge in [-0.1, -0.05) is 0 Å². The van der Waals surface area contributed by atoms with E-state index in [1.807, 2.05) is 0 Å². The van der Waals surface area contributed by atoms with Gasteiger partial charge in [0.05, 0.1) is 6.20 Å². The maximum Gasteiger partial charge on any atom is 0.168 e. The number of terminal acetylenes is 1. The fourth-order valence-electron chi connectivity index (χ4n) is 1.10. The first-order chi connectivity index (χ1) is 7.24. The Morgan fingerprint density at radius 3 is 2.87 bits per heavy atom. The summed E-state index contributed by atoms with van der Waals surface area (Å²) in [5.74, 6) is 1.25. The van der Waals surface area contributed by atoms with E-state index >= 15 is 0 Å². The highest BCUT2D eigenvalue weighted by atomic mass is 19.1. The van der Waals surface area contributed by atoms with E-state index in [0.717, 1.165) is 25.1 Å². The van der Waals surface area contributed by atoms with Gasteiger partial charge in [-0.15, -0.1) is 12.3 Å². The molecule has 0 radical (unpaired) electrons. The second-order valence-electron chi connectivity index (χ2n) is 3.07. The first kappa shape index (κ1) is 11.4. The maximum atomic E-state index is 13.0. The van der Waals surface area contributed by atoms with Gasteiger partial charge in [0.2, 0.25) is 0 Å². The third kappa shape index (κ3) is 3.94. The smallest absolute Gasteiger partial charge is 0.168 e. The number of hydrogen-bond acceptors (Lipinski definition) is 2. The van der Waals surface area contributed by atoms with Crippen LogP contribution in [0, 0.1) is 24.0 Å². The minimum atomic E-state index is -0.676. The van der Waals surface area contributed by atoms with Gasteiger partial charge in [-0.2, -0.15) is 0 Å². The Labute approximate surface area is 87.7 Å². The molecule has 15 heavy (non-hydrogen) atoms. The van der Waals surface area contributed by atoms with E-state index in [1.165, 1.54) is 0 Å². The molecule has 0 saturated heterocycles. The molecule has 0 fully saturated rings. The van der Waals surface area contributed by atoms with Crippen molar-refractivity contribution >= 4 is 5.82 Å². The van der Waals surface area contributed by atoms with Gasteiger partial charge in [-0.25, -0.2) is 13.8 Å². The fourth-order valence-corrected chi connectivity index (χ4v) is 1.10. The van der Waals surface area contributed by atoms with Crippen molar-refractivity contribution in [2.24, 2.45) is 0 Å². The third-order valence-electron chi connectivity index (χ3n) is 1.85. The van der Waals surface area contributed by atoms with Crippen LogP contribution < -0.4 is 5.32 Å². The van der Waals surface area contributed by atoms with E-state index < -0.39 is 11.6 Å². The molecule has 0 saturated carbocycles. The average Bonchev–Trinajstić information content (AvgIpc) is 2.20. The number of halogens is 2. The van der Waals surface area contributed by atoms with Crippen LogP contribution in [0.5, 0.6) is 0 Å². The van der Waals surface area contributed by atoms with Crippen LogP contribution in [0.4, 0.5) is 14.6 Å². The minimum absolute atomic E-state index is 0.0807. The van der Waals surface area contributed by atoms with Crippen molar-refractivity contribution in [3.05, 3.63) is 23.9 Å². The molecule has 0 aliphatic rings. The second kappa shape index (κ2) is 5.97. The molecule has 0 bridgehead atoms. The highest BCUT2D eigenvalue weighted by molar-refractivity contribution is 5.35. The molecule has 1 aromatic rings. The Balaban J connectivity index is 2.35. The number of rotatable bonds is 5. The van der Waals surface area contributed by atoms with Gasteiger partial charge in [0.1, 0.15) is 5.82 Å². The number of nitrogens with one attached hydrogen (secondary N) is 1. The zero-order valence-corrected chi connectivity index (χ0v) is 8.26. The van der Waals surface area contributed by atoms with Gasteiger partial charge in [0.25, 0.3) is 0 Å². The molecule has 1 N–H and O–H groups in total. The van der Waals surface area contributed by atoms with E-state index in [1.54, 1.807) is 0 Å². The molecule has 0 atom stereocenters. The van der Waals surface area contributed by atoms with E-state index in [9.17, 15) is 8.78 Å². The third-order valence-corrected chi connectivity index (χ3v) is 1.85. The lowest BCUT2D eigenvalue weighted by molar-refractivity contribution is 0.575. The summed E-state index contributed by atoms with van der Waals surface area (Å²) >= 11 is 0. The Morgan fingerprint density at radius 1 is 1.40 bits per heavy atom. The Bertz CT molecular complexity index is 358. The number of anilines is 1. The summed E-state index contributed by atoms with van der Waals surface area (Å²) in [5.41, 5.74) is 0.